The molecule has 2 atom stereocenters. The Kier molecular flexibility index (Phi) is 4.80. The molecule has 1 N–H and O–H groups in total. The number of nitrogens with one attached hydrogen (secondary N) is 1. The number of nitrogens with zero attached hydrogens (tertiary/aromatic N) is 1. The van der Waals surface area contributed by atoms with E-state index >= 15 is 0 Å². The average molecular weight is 264 g/mol. The number of hydrogen-bond donors (Lipinski definition) is 1. The van der Waals surface area contributed by atoms with Crippen LogP contribution in [0.3, 0.4) is 0 Å². The Hall–Kier alpha value is -1.02. The summed E-state index contributed by atoms with van der Waals surface area (Å²) in [6, 6.07) is 7.75. The van der Waals surface area contributed by atoms with E-state index in [0.717, 1.165) is 11.1 Å². The highest BCUT2D eigenvalue weighted by atomic mass is 32.2. The van der Waals surface area contributed by atoms with Crippen molar-refractivity contribution in [1.29, 1.82) is 5.26 Å². The molecule has 0 aliphatic carbocycles. The summed E-state index contributed by atoms with van der Waals surface area (Å²) < 4.78 is 14.8. The predicted octanol–water partition coefficient (Wildman–Crippen LogP) is 2.98. The summed E-state index contributed by atoms with van der Waals surface area (Å²) in [4.78, 5) is 0. The fraction of sp³-hybridized carbons (Fsp3) is 0.500. The van der Waals surface area contributed by atoms with Crippen molar-refractivity contribution in [3.05, 3.63) is 34.9 Å². The van der Waals surface area contributed by atoms with Crippen LogP contribution in [0.1, 0.15) is 50.4 Å². The van der Waals surface area contributed by atoms with Crippen LogP contribution in [0.2, 0.25) is 0 Å². The Balaban J connectivity index is 2.92. The lowest BCUT2D eigenvalue weighted by molar-refractivity contribution is 0.531. The minimum Gasteiger partial charge on any atom is -0.598 e. The highest BCUT2D eigenvalue weighted by Crippen LogP contribution is 2.23. The van der Waals surface area contributed by atoms with Crippen molar-refractivity contribution in [3.8, 4) is 6.07 Å². The molecule has 1 aromatic carbocycles. The minimum atomic E-state index is -1.12. The minimum absolute atomic E-state index is 0.0432. The van der Waals surface area contributed by atoms with Gasteiger partial charge in [0.2, 0.25) is 0 Å². The van der Waals surface area contributed by atoms with Crippen molar-refractivity contribution in [2.45, 2.75) is 45.4 Å². The molecule has 0 fully saturated rings. The third-order valence-electron chi connectivity index (χ3n) is 2.80. The molecule has 3 nitrogen and oxygen atoms in total. The summed E-state index contributed by atoms with van der Waals surface area (Å²) in [7, 11) is 0. The Labute approximate surface area is 113 Å². The van der Waals surface area contributed by atoms with Crippen molar-refractivity contribution in [3.63, 3.8) is 0 Å². The van der Waals surface area contributed by atoms with E-state index in [9.17, 15) is 4.55 Å². The molecule has 18 heavy (non-hydrogen) atoms. The molecule has 0 amide bonds. The van der Waals surface area contributed by atoms with Crippen LogP contribution in [-0.4, -0.2) is 9.30 Å². The largest absolute Gasteiger partial charge is 0.598 e. The maximum Gasteiger partial charge on any atom is 0.136 e. The van der Waals surface area contributed by atoms with Crippen LogP contribution in [0.5, 0.6) is 0 Å². The van der Waals surface area contributed by atoms with Gasteiger partial charge in [-0.05, 0) is 51.8 Å². The maximum absolute atomic E-state index is 12.0. The highest BCUT2D eigenvalue weighted by Gasteiger charge is 2.28. The molecule has 0 heterocycles. The van der Waals surface area contributed by atoms with Gasteiger partial charge in [-0.15, -0.1) is 4.72 Å². The van der Waals surface area contributed by atoms with Gasteiger partial charge in [0.05, 0.1) is 17.7 Å². The smallest absolute Gasteiger partial charge is 0.136 e. The SMILES string of the molecule is Cc1c(C#N)cccc1[C@@H](C)N[S+]([O-])C(C)(C)C. The summed E-state index contributed by atoms with van der Waals surface area (Å²) >= 11 is -1.12. The quantitative estimate of drug-likeness (QED) is 0.854. The average Bonchev–Trinajstić information content (AvgIpc) is 2.27. The van der Waals surface area contributed by atoms with Crippen molar-refractivity contribution >= 4 is 11.4 Å². The Morgan fingerprint density at radius 2 is 2.00 bits per heavy atom. The van der Waals surface area contributed by atoms with E-state index in [0.29, 0.717) is 5.56 Å². The second kappa shape index (κ2) is 5.75. The van der Waals surface area contributed by atoms with Gasteiger partial charge in [0.15, 0.2) is 0 Å². The van der Waals surface area contributed by atoms with Gasteiger partial charge in [0, 0.05) is 11.4 Å². The fourth-order valence-corrected chi connectivity index (χ4v) is 2.45. The zero-order valence-electron chi connectivity index (χ0n) is 11.6. The molecular weight excluding hydrogens is 244 g/mol. The van der Waals surface area contributed by atoms with Gasteiger partial charge >= 0.3 is 0 Å². The van der Waals surface area contributed by atoms with Gasteiger partial charge in [-0.25, -0.2) is 0 Å². The van der Waals surface area contributed by atoms with Gasteiger partial charge in [-0.2, -0.15) is 5.26 Å². The molecule has 98 valence electrons. The Bertz CT molecular complexity index is 460. The third kappa shape index (κ3) is 3.49. The topological polar surface area (TPSA) is 58.9 Å². The van der Waals surface area contributed by atoms with Crippen LogP contribution in [0.4, 0.5) is 0 Å². The predicted molar refractivity (Wildman–Crippen MR) is 75.3 cm³/mol. The number of rotatable bonds is 3. The number of benzene rings is 1. The van der Waals surface area contributed by atoms with Gasteiger partial charge < -0.3 is 4.55 Å². The Morgan fingerprint density at radius 3 is 2.50 bits per heavy atom. The van der Waals surface area contributed by atoms with Crippen LogP contribution >= 0.6 is 0 Å². The molecule has 0 aliphatic heterocycles. The van der Waals surface area contributed by atoms with Crippen molar-refractivity contribution in [2.75, 3.05) is 0 Å². The van der Waals surface area contributed by atoms with Gasteiger partial charge in [-0.1, -0.05) is 12.1 Å². The Morgan fingerprint density at radius 1 is 1.39 bits per heavy atom. The van der Waals surface area contributed by atoms with E-state index in [1.165, 1.54) is 0 Å². The third-order valence-corrected chi connectivity index (χ3v) is 4.48. The maximum atomic E-state index is 12.0. The molecule has 0 bridgehead atoms. The van der Waals surface area contributed by atoms with Gasteiger partial charge in [-0.3, -0.25) is 0 Å². The zero-order chi connectivity index (χ0) is 13.9. The number of hydrogen-bond acceptors (Lipinski definition) is 3. The van der Waals surface area contributed by atoms with Crippen molar-refractivity contribution in [1.82, 2.24) is 4.72 Å². The van der Waals surface area contributed by atoms with Crippen LogP contribution in [-0.2, 0) is 11.4 Å². The normalized spacial score (nSPS) is 14.9. The molecule has 0 saturated carbocycles. The standard InChI is InChI=1S/C14H20N2OS/c1-10-12(9-15)7-6-8-13(10)11(2)16-18(17)14(3,4)5/h6-8,11,16H,1-5H3/t11-,18?/m1/s1. The monoisotopic (exact) mass is 264 g/mol. The second-order valence-corrected chi connectivity index (χ2v) is 7.35. The molecule has 0 aliphatic rings. The molecule has 0 spiro atoms. The van der Waals surface area contributed by atoms with E-state index in [2.05, 4.69) is 10.8 Å². The summed E-state index contributed by atoms with van der Waals surface area (Å²) in [6.45, 7) is 9.68. The lowest BCUT2D eigenvalue weighted by atomic mass is 9.99. The lowest BCUT2D eigenvalue weighted by Gasteiger charge is -2.27. The van der Waals surface area contributed by atoms with E-state index < -0.39 is 11.4 Å². The zero-order valence-corrected chi connectivity index (χ0v) is 12.4. The van der Waals surface area contributed by atoms with E-state index in [1.54, 1.807) is 6.07 Å². The fourth-order valence-electron chi connectivity index (χ4n) is 1.64. The van der Waals surface area contributed by atoms with Crippen molar-refractivity contribution < 1.29 is 4.55 Å². The number of nitriles is 1. The molecule has 0 saturated heterocycles. The van der Waals surface area contributed by atoms with E-state index in [-0.39, 0.29) is 10.8 Å². The van der Waals surface area contributed by atoms with E-state index in [1.807, 2.05) is 46.8 Å². The molecule has 0 radical (unpaired) electrons. The molecule has 1 aromatic rings. The molecule has 1 rings (SSSR count). The summed E-state index contributed by atoms with van der Waals surface area (Å²) in [5.74, 6) is 0. The summed E-state index contributed by atoms with van der Waals surface area (Å²) in [5, 5.41) is 9.01. The van der Waals surface area contributed by atoms with Crippen LogP contribution < -0.4 is 4.72 Å². The first-order chi connectivity index (χ1) is 8.27. The first-order valence-corrected chi connectivity index (χ1v) is 7.10. The first-order valence-electron chi connectivity index (χ1n) is 5.95. The highest BCUT2D eigenvalue weighted by molar-refractivity contribution is 7.90. The molecule has 4 heteroatoms. The first kappa shape index (κ1) is 15.0. The molecule has 0 aromatic heterocycles. The second-order valence-electron chi connectivity index (χ2n) is 5.35. The van der Waals surface area contributed by atoms with Crippen LogP contribution in [0, 0.1) is 18.3 Å². The van der Waals surface area contributed by atoms with Gasteiger partial charge in [0.1, 0.15) is 4.75 Å². The summed E-state index contributed by atoms with van der Waals surface area (Å²) in [6.07, 6.45) is 0. The van der Waals surface area contributed by atoms with Crippen LogP contribution in [0.25, 0.3) is 0 Å². The molecular formula is C14H20N2OS. The van der Waals surface area contributed by atoms with Crippen molar-refractivity contribution in [2.24, 2.45) is 0 Å². The lowest BCUT2D eigenvalue weighted by Crippen LogP contribution is -2.40. The summed E-state index contributed by atoms with van der Waals surface area (Å²) in [5.41, 5.74) is 2.64. The van der Waals surface area contributed by atoms with E-state index in [4.69, 9.17) is 5.26 Å². The van der Waals surface area contributed by atoms with Gasteiger partial charge in [0.25, 0.3) is 0 Å². The van der Waals surface area contributed by atoms with Crippen LogP contribution in [0.15, 0.2) is 18.2 Å². The molecule has 1 unspecified atom stereocenters.